The van der Waals surface area contributed by atoms with Gasteiger partial charge in [0.25, 0.3) is 0 Å². The van der Waals surface area contributed by atoms with Crippen LogP contribution in [0.2, 0.25) is 0 Å². The summed E-state index contributed by atoms with van der Waals surface area (Å²) in [6.07, 6.45) is 4.52. The number of benzene rings is 1. The van der Waals surface area contributed by atoms with Crippen LogP contribution in [0.4, 0.5) is 0 Å². The van der Waals surface area contributed by atoms with Crippen molar-refractivity contribution in [1.29, 1.82) is 0 Å². The van der Waals surface area contributed by atoms with Crippen LogP contribution in [0, 0.1) is 0 Å². The number of rotatable bonds is 6. The minimum absolute atomic E-state index is 0.622. The Hall–Kier alpha value is -1.08. The van der Waals surface area contributed by atoms with Gasteiger partial charge in [0, 0.05) is 0 Å². The third kappa shape index (κ3) is 5.18. The van der Waals surface area contributed by atoms with E-state index >= 15 is 0 Å². The molecule has 0 aliphatic rings. The molecular weight excluding hydrogens is 206 g/mol. The van der Waals surface area contributed by atoms with Gasteiger partial charge >= 0.3 is 0 Å². The molecule has 0 heterocycles. The molecule has 0 bridgehead atoms. The fourth-order valence-corrected chi connectivity index (χ4v) is 1.88. The molecular formula is C16H25N. The lowest BCUT2D eigenvalue weighted by molar-refractivity contribution is 0.802. The first kappa shape index (κ1) is 14.0. The number of hydrogen-bond acceptors (Lipinski definition) is 1. The van der Waals surface area contributed by atoms with Crippen LogP contribution < -0.4 is 5.32 Å². The Bertz CT molecular complexity index is 346. The Morgan fingerprint density at radius 3 is 2.41 bits per heavy atom. The molecule has 0 aliphatic heterocycles. The molecule has 1 rings (SSSR count). The van der Waals surface area contributed by atoms with Gasteiger partial charge in [0.1, 0.15) is 0 Å². The van der Waals surface area contributed by atoms with Gasteiger partial charge in [-0.3, -0.25) is 0 Å². The minimum atomic E-state index is 0.622. The van der Waals surface area contributed by atoms with Gasteiger partial charge in [-0.05, 0) is 50.4 Å². The zero-order chi connectivity index (χ0) is 12.7. The molecule has 1 heteroatoms. The molecule has 1 aromatic carbocycles. The molecule has 1 nitrogen and oxygen atoms in total. The fourth-order valence-electron chi connectivity index (χ4n) is 1.88. The standard InChI is InChI=1S/C16H25N/c1-13(2)16-9-7-15(8-10-16)12-14(3)6-5-11-17-4/h6-10,13,17H,5,11-12H2,1-4H3. The van der Waals surface area contributed by atoms with Crippen LogP contribution in [0.3, 0.4) is 0 Å². The van der Waals surface area contributed by atoms with Crippen molar-refractivity contribution in [3.63, 3.8) is 0 Å². The third-order valence-corrected chi connectivity index (χ3v) is 3.02. The summed E-state index contributed by atoms with van der Waals surface area (Å²) >= 11 is 0. The van der Waals surface area contributed by atoms with Gasteiger partial charge in [0.05, 0.1) is 0 Å². The van der Waals surface area contributed by atoms with Gasteiger partial charge in [-0.2, -0.15) is 0 Å². The van der Waals surface area contributed by atoms with E-state index < -0.39 is 0 Å². The van der Waals surface area contributed by atoms with Gasteiger partial charge in [-0.15, -0.1) is 0 Å². The molecule has 0 saturated carbocycles. The summed E-state index contributed by atoms with van der Waals surface area (Å²) in [6.45, 7) is 7.74. The van der Waals surface area contributed by atoms with Crippen LogP contribution >= 0.6 is 0 Å². The molecule has 0 amide bonds. The summed E-state index contributed by atoms with van der Waals surface area (Å²) in [6, 6.07) is 9.01. The van der Waals surface area contributed by atoms with E-state index in [4.69, 9.17) is 0 Å². The first-order chi connectivity index (χ1) is 8.13. The summed E-state index contributed by atoms with van der Waals surface area (Å²) in [4.78, 5) is 0. The highest BCUT2D eigenvalue weighted by atomic mass is 14.8. The van der Waals surface area contributed by atoms with E-state index in [0.29, 0.717) is 5.92 Å². The summed E-state index contributed by atoms with van der Waals surface area (Å²) in [5.41, 5.74) is 4.29. The highest BCUT2D eigenvalue weighted by molar-refractivity contribution is 5.27. The van der Waals surface area contributed by atoms with Crippen LogP contribution in [0.25, 0.3) is 0 Å². The average molecular weight is 231 g/mol. The van der Waals surface area contributed by atoms with E-state index in [9.17, 15) is 0 Å². The number of allylic oxidation sites excluding steroid dienone is 1. The Morgan fingerprint density at radius 2 is 1.88 bits per heavy atom. The molecule has 0 saturated heterocycles. The molecule has 0 fully saturated rings. The quantitative estimate of drug-likeness (QED) is 0.578. The van der Waals surface area contributed by atoms with Crippen LogP contribution in [0.1, 0.15) is 44.2 Å². The Morgan fingerprint density at radius 1 is 1.24 bits per heavy atom. The predicted octanol–water partition coefficient (Wildman–Crippen LogP) is 3.91. The van der Waals surface area contributed by atoms with Gasteiger partial charge in [-0.25, -0.2) is 0 Å². The van der Waals surface area contributed by atoms with Crippen molar-refractivity contribution in [1.82, 2.24) is 5.32 Å². The van der Waals surface area contributed by atoms with E-state index in [1.165, 1.54) is 16.7 Å². The maximum Gasteiger partial charge on any atom is -0.00172 e. The molecule has 0 aromatic heterocycles. The second kappa shape index (κ2) is 7.29. The largest absolute Gasteiger partial charge is 0.319 e. The zero-order valence-electron chi connectivity index (χ0n) is 11.6. The lowest BCUT2D eigenvalue weighted by atomic mass is 9.99. The van der Waals surface area contributed by atoms with Crippen LogP contribution in [-0.2, 0) is 6.42 Å². The lowest BCUT2D eigenvalue weighted by Gasteiger charge is -2.07. The van der Waals surface area contributed by atoms with Crippen molar-refractivity contribution in [2.24, 2.45) is 0 Å². The van der Waals surface area contributed by atoms with Crippen molar-refractivity contribution in [2.45, 2.75) is 39.5 Å². The SMILES string of the molecule is CNCCC=C(C)Cc1ccc(C(C)C)cc1. The molecule has 17 heavy (non-hydrogen) atoms. The summed E-state index contributed by atoms with van der Waals surface area (Å²) in [7, 11) is 1.99. The van der Waals surface area contributed by atoms with E-state index in [0.717, 1.165) is 19.4 Å². The maximum absolute atomic E-state index is 3.16. The van der Waals surface area contributed by atoms with E-state index in [2.05, 4.69) is 56.4 Å². The third-order valence-electron chi connectivity index (χ3n) is 3.02. The van der Waals surface area contributed by atoms with Gasteiger partial charge in [0.15, 0.2) is 0 Å². The van der Waals surface area contributed by atoms with Gasteiger partial charge < -0.3 is 5.32 Å². The highest BCUT2D eigenvalue weighted by Crippen LogP contribution is 2.16. The second-order valence-corrected chi connectivity index (χ2v) is 5.02. The molecule has 0 spiro atoms. The summed E-state index contributed by atoms with van der Waals surface area (Å²) in [5.74, 6) is 0.622. The van der Waals surface area contributed by atoms with Crippen molar-refractivity contribution >= 4 is 0 Å². The maximum atomic E-state index is 3.16. The van der Waals surface area contributed by atoms with Crippen molar-refractivity contribution in [3.05, 3.63) is 47.0 Å². The Balaban J connectivity index is 2.54. The van der Waals surface area contributed by atoms with Crippen molar-refractivity contribution in [2.75, 3.05) is 13.6 Å². The van der Waals surface area contributed by atoms with Gasteiger partial charge in [0.2, 0.25) is 0 Å². The van der Waals surface area contributed by atoms with E-state index in [-0.39, 0.29) is 0 Å². The van der Waals surface area contributed by atoms with Crippen molar-refractivity contribution in [3.8, 4) is 0 Å². The van der Waals surface area contributed by atoms with E-state index in [1.54, 1.807) is 0 Å². The monoisotopic (exact) mass is 231 g/mol. The predicted molar refractivity (Wildman–Crippen MR) is 76.5 cm³/mol. The van der Waals surface area contributed by atoms with Crippen LogP contribution in [0.5, 0.6) is 0 Å². The summed E-state index contributed by atoms with van der Waals surface area (Å²) < 4.78 is 0. The van der Waals surface area contributed by atoms with Gasteiger partial charge in [-0.1, -0.05) is 49.8 Å². The summed E-state index contributed by atoms with van der Waals surface area (Å²) in [5, 5.41) is 3.16. The van der Waals surface area contributed by atoms with Crippen LogP contribution in [0.15, 0.2) is 35.9 Å². The molecule has 0 unspecified atom stereocenters. The Labute approximate surface area is 106 Å². The molecule has 1 N–H and O–H groups in total. The molecule has 0 atom stereocenters. The number of hydrogen-bond donors (Lipinski definition) is 1. The van der Waals surface area contributed by atoms with Crippen LogP contribution in [-0.4, -0.2) is 13.6 Å². The molecule has 0 radical (unpaired) electrons. The first-order valence-electron chi connectivity index (χ1n) is 6.52. The smallest absolute Gasteiger partial charge is 0.00172 e. The van der Waals surface area contributed by atoms with E-state index in [1.807, 2.05) is 7.05 Å². The first-order valence-corrected chi connectivity index (χ1v) is 6.52. The Kier molecular flexibility index (Phi) is 5.99. The lowest BCUT2D eigenvalue weighted by Crippen LogP contribution is -2.06. The molecule has 1 aromatic rings. The second-order valence-electron chi connectivity index (χ2n) is 5.02. The normalized spacial score (nSPS) is 12.2. The van der Waals surface area contributed by atoms with Crippen molar-refractivity contribution < 1.29 is 0 Å². The highest BCUT2D eigenvalue weighted by Gasteiger charge is 1.99. The average Bonchev–Trinajstić information content (AvgIpc) is 2.30. The topological polar surface area (TPSA) is 12.0 Å². The fraction of sp³-hybridized carbons (Fsp3) is 0.500. The zero-order valence-corrected chi connectivity index (χ0v) is 11.6. The molecule has 94 valence electrons. The minimum Gasteiger partial charge on any atom is -0.319 e. The molecule has 0 aliphatic carbocycles. The number of nitrogens with one attached hydrogen (secondary N) is 1.